The van der Waals surface area contributed by atoms with Gasteiger partial charge in [0.25, 0.3) is 11.8 Å². The van der Waals surface area contributed by atoms with E-state index in [1.165, 1.54) is 43.5 Å². The molecule has 30 heavy (non-hydrogen) atoms. The van der Waals surface area contributed by atoms with Crippen LogP contribution in [0.4, 0.5) is 20.2 Å². The zero-order chi connectivity index (χ0) is 21.8. The van der Waals surface area contributed by atoms with E-state index in [0.717, 1.165) is 18.2 Å². The molecule has 0 unspecified atom stereocenters. The van der Waals surface area contributed by atoms with Gasteiger partial charge in [-0.15, -0.1) is 0 Å². The molecule has 3 aromatic carbocycles. The van der Waals surface area contributed by atoms with Crippen molar-refractivity contribution in [1.82, 2.24) is 0 Å². The van der Waals surface area contributed by atoms with Crippen molar-refractivity contribution >= 4 is 23.2 Å². The topological polar surface area (TPSA) is 108 Å². The first-order valence-electron chi connectivity index (χ1n) is 8.57. The quantitative estimate of drug-likeness (QED) is 0.474. The Morgan fingerprint density at radius 2 is 1.37 bits per heavy atom. The molecule has 3 aromatic rings. The maximum absolute atomic E-state index is 13.9. The highest BCUT2D eigenvalue weighted by Gasteiger charge is 2.20. The van der Waals surface area contributed by atoms with Gasteiger partial charge in [-0.25, -0.2) is 8.78 Å². The zero-order valence-corrected chi connectivity index (χ0v) is 15.6. The van der Waals surface area contributed by atoms with Crippen LogP contribution in [0, 0.1) is 11.6 Å². The van der Waals surface area contributed by atoms with Gasteiger partial charge < -0.3 is 25.6 Å². The van der Waals surface area contributed by atoms with Gasteiger partial charge in [0.15, 0.2) is 11.6 Å². The lowest BCUT2D eigenvalue weighted by atomic mass is 10.1. The number of nitrogens with one attached hydrogen (secondary N) is 2. The zero-order valence-electron chi connectivity index (χ0n) is 15.6. The Labute approximate surface area is 169 Å². The van der Waals surface area contributed by atoms with Crippen molar-refractivity contribution in [2.24, 2.45) is 0 Å². The second-order valence-corrected chi connectivity index (χ2v) is 6.09. The number of amides is 2. The maximum Gasteiger partial charge on any atom is 0.259 e. The summed E-state index contributed by atoms with van der Waals surface area (Å²) < 4.78 is 32.9. The molecule has 0 saturated heterocycles. The second-order valence-electron chi connectivity index (χ2n) is 6.09. The third kappa shape index (κ3) is 4.14. The monoisotopic (exact) mass is 414 g/mol. The molecule has 0 heterocycles. The van der Waals surface area contributed by atoms with Crippen molar-refractivity contribution in [2.75, 3.05) is 17.7 Å². The van der Waals surface area contributed by atoms with Gasteiger partial charge in [-0.1, -0.05) is 12.1 Å². The first-order chi connectivity index (χ1) is 14.3. The highest BCUT2D eigenvalue weighted by Crippen LogP contribution is 2.29. The molecular formula is C21H16F2N2O5. The van der Waals surface area contributed by atoms with Crippen LogP contribution in [0.15, 0.2) is 54.6 Å². The van der Waals surface area contributed by atoms with Gasteiger partial charge in [-0.2, -0.15) is 0 Å². The van der Waals surface area contributed by atoms with Gasteiger partial charge in [0, 0.05) is 5.56 Å². The fourth-order valence-corrected chi connectivity index (χ4v) is 2.67. The number of phenols is 2. The average Bonchev–Trinajstić information content (AvgIpc) is 2.72. The van der Waals surface area contributed by atoms with Crippen molar-refractivity contribution in [3.63, 3.8) is 0 Å². The largest absolute Gasteiger partial charge is 0.506 e. The molecule has 154 valence electrons. The Balaban J connectivity index is 1.91. The van der Waals surface area contributed by atoms with Crippen LogP contribution in [-0.4, -0.2) is 29.1 Å². The van der Waals surface area contributed by atoms with Crippen molar-refractivity contribution in [1.29, 1.82) is 0 Å². The average molecular weight is 414 g/mol. The number of para-hydroxylation sites is 2. The van der Waals surface area contributed by atoms with Crippen LogP contribution in [-0.2, 0) is 0 Å². The molecule has 0 aliphatic rings. The Hall–Kier alpha value is -4.14. The summed E-state index contributed by atoms with van der Waals surface area (Å²) >= 11 is 0. The lowest BCUT2D eigenvalue weighted by Crippen LogP contribution is -2.17. The standard InChI is InChI=1S/C21H16F2N2O5/c1-30-17-9-8-11(20(28)24-18-13(22)4-2-6-15(18)26)10-12(17)21(29)25-19-14(23)5-3-7-16(19)27/h2-10,26-27H,1H3,(H,24,28)(H,25,29). The summed E-state index contributed by atoms with van der Waals surface area (Å²) in [5, 5.41) is 24.0. The number of phenolic OH excluding ortho intramolecular Hbond substituents is 2. The van der Waals surface area contributed by atoms with Crippen molar-refractivity contribution in [3.8, 4) is 17.2 Å². The van der Waals surface area contributed by atoms with Gasteiger partial charge in [-0.05, 0) is 42.5 Å². The molecule has 3 rings (SSSR count). The van der Waals surface area contributed by atoms with E-state index in [9.17, 15) is 28.6 Å². The fourth-order valence-electron chi connectivity index (χ4n) is 2.67. The summed E-state index contributed by atoms with van der Waals surface area (Å²) in [5.74, 6) is -4.22. The third-order valence-corrected chi connectivity index (χ3v) is 4.17. The number of ether oxygens (including phenoxy) is 1. The first kappa shape index (κ1) is 20.6. The summed E-state index contributed by atoms with van der Waals surface area (Å²) in [6.45, 7) is 0. The van der Waals surface area contributed by atoms with E-state index in [1.807, 2.05) is 0 Å². The Morgan fingerprint density at radius 1 is 0.833 bits per heavy atom. The van der Waals surface area contributed by atoms with Crippen molar-refractivity contribution in [3.05, 3.63) is 77.4 Å². The molecular weight excluding hydrogens is 398 g/mol. The number of halogens is 2. The molecule has 0 atom stereocenters. The molecule has 0 saturated carbocycles. The van der Waals surface area contributed by atoms with Crippen LogP contribution in [0.25, 0.3) is 0 Å². The number of aromatic hydroxyl groups is 2. The molecule has 9 heteroatoms. The molecule has 0 aliphatic heterocycles. The predicted molar refractivity (Wildman–Crippen MR) is 105 cm³/mol. The number of hydrogen-bond donors (Lipinski definition) is 4. The summed E-state index contributed by atoms with van der Waals surface area (Å²) in [7, 11) is 1.30. The van der Waals surface area contributed by atoms with E-state index in [1.54, 1.807) is 0 Å². The van der Waals surface area contributed by atoms with Crippen LogP contribution in [0.1, 0.15) is 20.7 Å². The normalized spacial score (nSPS) is 10.4. The predicted octanol–water partition coefficient (Wildman–Crippen LogP) is 3.89. The van der Waals surface area contributed by atoms with Crippen LogP contribution in [0.3, 0.4) is 0 Å². The molecule has 7 nitrogen and oxygen atoms in total. The van der Waals surface area contributed by atoms with Gasteiger partial charge in [-0.3, -0.25) is 9.59 Å². The summed E-state index contributed by atoms with van der Waals surface area (Å²) in [6, 6.07) is 10.8. The number of anilines is 2. The molecule has 2 amide bonds. The SMILES string of the molecule is COc1ccc(C(=O)Nc2c(O)cccc2F)cc1C(=O)Nc1c(O)cccc1F. The molecule has 0 aromatic heterocycles. The number of carbonyl (C=O) groups is 2. The molecule has 0 radical (unpaired) electrons. The van der Waals surface area contributed by atoms with Gasteiger partial charge in [0.2, 0.25) is 0 Å². The highest BCUT2D eigenvalue weighted by atomic mass is 19.1. The summed E-state index contributed by atoms with van der Waals surface area (Å²) in [4.78, 5) is 25.1. The highest BCUT2D eigenvalue weighted by molar-refractivity contribution is 6.10. The van der Waals surface area contributed by atoms with Crippen LogP contribution < -0.4 is 15.4 Å². The van der Waals surface area contributed by atoms with E-state index in [-0.39, 0.29) is 16.9 Å². The minimum atomic E-state index is -0.855. The number of hydrogen-bond acceptors (Lipinski definition) is 5. The first-order valence-corrected chi connectivity index (χ1v) is 8.57. The van der Waals surface area contributed by atoms with Crippen LogP contribution in [0.5, 0.6) is 17.2 Å². The number of rotatable bonds is 5. The molecule has 4 N–H and O–H groups in total. The van der Waals surface area contributed by atoms with E-state index in [2.05, 4.69) is 10.6 Å². The van der Waals surface area contributed by atoms with E-state index in [0.29, 0.717) is 0 Å². The second kappa shape index (κ2) is 8.48. The Kier molecular flexibility index (Phi) is 5.82. The third-order valence-electron chi connectivity index (χ3n) is 4.17. The maximum atomic E-state index is 13.9. The molecule has 0 bridgehead atoms. The van der Waals surface area contributed by atoms with E-state index < -0.39 is 46.3 Å². The lowest BCUT2D eigenvalue weighted by molar-refractivity contribution is 0.102. The van der Waals surface area contributed by atoms with Gasteiger partial charge in [0.1, 0.15) is 28.6 Å². The fraction of sp³-hybridized carbons (Fsp3) is 0.0476. The summed E-state index contributed by atoms with van der Waals surface area (Å²) in [5.41, 5.74) is -1.04. The number of methoxy groups -OCH3 is 1. The summed E-state index contributed by atoms with van der Waals surface area (Å²) in [6.07, 6.45) is 0. The van der Waals surface area contributed by atoms with Crippen molar-refractivity contribution < 1.29 is 33.3 Å². The number of benzene rings is 3. The number of carbonyl (C=O) groups excluding carboxylic acids is 2. The van der Waals surface area contributed by atoms with Crippen LogP contribution in [0.2, 0.25) is 0 Å². The van der Waals surface area contributed by atoms with Gasteiger partial charge in [0.05, 0.1) is 12.7 Å². The van der Waals surface area contributed by atoms with E-state index >= 15 is 0 Å². The molecule has 0 spiro atoms. The minimum absolute atomic E-state index is 0.0543. The Bertz CT molecular complexity index is 1090. The van der Waals surface area contributed by atoms with Gasteiger partial charge >= 0.3 is 0 Å². The molecule has 0 fully saturated rings. The lowest BCUT2D eigenvalue weighted by Gasteiger charge is -2.13. The smallest absolute Gasteiger partial charge is 0.259 e. The Morgan fingerprint density at radius 3 is 1.87 bits per heavy atom. The van der Waals surface area contributed by atoms with E-state index in [4.69, 9.17) is 4.74 Å². The molecule has 0 aliphatic carbocycles. The van der Waals surface area contributed by atoms with Crippen molar-refractivity contribution in [2.45, 2.75) is 0 Å². The van der Waals surface area contributed by atoms with Crippen LogP contribution >= 0.6 is 0 Å². The minimum Gasteiger partial charge on any atom is -0.506 e.